The molecule has 2 atom stereocenters. The molecule has 1 heterocycles. The summed E-state index contributed by atoms with van der Waals surface area (Å²) >= 11 is 0. The Labute approximate surface area is 104 Å². The van der Waals surface area contributed by atoms with Crippen LogP contribution in [0.1, 0.15) is 13.3 Å². The van der Waals surface area contributed by atoms with Crippen molar-refractivity contribution in [1.29, 1.82) is 0 Å². The van der Waals surface area contributed by atoms with Crippen LogP contribution in [0.25, 0.3) is 0 Å². The first-order valence-corrected chi connectivity index (χ1v) is 6.35. The van der Waals surface area contributed by atoms with Gasteiger partial charge in [-0.1, -0.05) is 18.2 Å². The average molecular weight is 234 g/mol. The van der Waals surface area contributed by atoms with Crippen LogP contribution < -0.4 is 4.90 Å². The molecule has 0 aliphatic carbocycles. The molecule has 1 aliphatic heterocycles. The topological polar surface area (TPSA) is 26.7 Å². The third kappa shape index (κ3) is 2.79. The van der Waals surface area contributed by atoms with E-state index in [9.17, 15) is 0 Å². The van der Waals surface area contributed by atoms with Gasteiger partial charge >= 0.3 is 0 Å². The van der Waals surface area contributed by atoms with Gasteiger partial charge in [-0.3, -0.25) is 4.90 Å². The summed E-state index contributed by atoms with van der Waals surface area (Å²) in [6, 6.07) is 11.5. The van der Waals surface area contributed by atoms with Crippen molar-refractivity contribution in [2.24, 2.45) is 0 Å². The highest BCUT2D eigenvalue weighted by molar-refractivity contribution is 5.47. The van der Waals surface area contributed by atoms with Gasteiger partial charge in [0.2, 0.25) is 0 Å². The molecular weight excluding hydrogens is 212 g/mol. The minimum atomic E-state index is 0.270. The molecule has 0 bridgehead atoms. The number of nitrogens with zero attached hydrogens (tertiary/aromatic N) is 2. The molecule has 0 spiro atoms. The zero-order valence-corrected chi connectivity index (χ0v) is 10.7. The van der Waals surface area contributed by atoms with E-state index < -0.39 is 0 Å². The van der Waals surface area contributed by atoms with Crippen molar-refractivity contribution in [3.05, 3.63) is 30.3 Å². The minimum Gasteiger partial charge on any atom is -0.396 e. The summed E-state index contributed by atoms with van der Waals surface area (Å²) in [6.45, 7) is 4.59. The molecule has 0 amide bonds. The van der Waals surface area contributed by atoms with Crippen molar-refractivity contribution in [3.63, 3.8) is 0 Å². The third-order valence-electron chi connectivity index (χ3n) is 3.67. The summed E-state index contributed by atoms with van der Waals surface area (Å²) in [5.41, 5.74) is 1.29. The zero-order chi connectivity index (χ0) is 12.3. The molecule has 1 aromatic rings. The molecule has 0 saturated carbocycles. The van der Waals surface area contributed by atoms with E-state index in [-0.39, 0.29) is 6.61 Å². The summed E-state index contributed by atoms with van der Waals surface area (Å²) in [5.74, 6) is 0. The molecular formula is C14H22N2O. The number of aliphatic hydroxyl groups excluding tert-OH is 1. The first-order chi connectivity index (χ1) is 8.22. The molecule has 17 heavy (non-hydrogen) atoms. The fourth-order valence-corrected chi connectivity index (χ4v) is 2.65. The number of piperazine rings is 1. The van der Waals surface area contributed by atoms with Crippen molar-refractivity contribution >= 4 is 5.69 Å². The first-order valence-electron chi connectivity index (χ1n) is 6.35. The molecule has 94 valence electrons. The van der Waals surface area contributed by atoms with E-state index in [1.54, 1.807) is 0 Å². The van der Waals surface area contributed by atoms with E-state index in [0.29, 0.717) is 12.1 Å². The molecule has 0 aromatic heterocycles. The Kier molecular flexibility index (Phi) is 4.02. The maximum Gasteiger partial charge on any atom is 0.0446 e. The standard InChI is InChI=1S/C14H22N2O/c1-12-10-15(2)14(8-9-17)11-16(12)13-6-4-3-5-7-13/h3-7,12,14,17H,8-11H2,1-2H3. The fraction of sp³-hybridized carbons (Fsp3) is 0.571. The van der Waals surface area contributed by atoms with Gasteiger partial charge in [0, 0.05) is 37.5 Å². The highest BCUT2D eigenvalue weighted by atomic mass is 16.3. The summed E-state index contributed by atoms with van der Waals surface area (Å²) in [7, 11) is 2.15. The Bertz CT molecular complexity index is 341. The average Bonchev–Trinajstić information content (AvgIpc) is 2.34. The number of likely N-dealkylation sites (N-methyl/N-ethyl adjacent to an activating group) is 1. The molecule has 2 rings (SSSR count). The second kappa shape index (κ2) is 5.52. The molecule has 2 unspecified atom stereocenters. The SMILES string of the molecule is CC1CN(C)C(CCO)CN1c1ccccc1. The number of hydrogen-bond acceptors (Lipinski definition) is 3. The quantitative estimate of drug-likeness (QED) is 0.860. The molecule has 1 aromatic carbocycles. The first kappa shape index (κ1) is 12.4. The zero-order valence-electron chi connectivity index (χ0n) is 10.7. The monoisotopic (exact) mass is 234 g/mol. The summed E-state index contributed by atoms with van der Waals surface area (Å²) in [4.78, 5) is 4.81. The Balaban J connectivity index is 2.12. The Morgan fingerprint density at radius 3 is 2.59 bits per heavy atom. The largest absolute Gasteiger partial charge is 0.396 e. The van der Waals surface area contributed by atoms with Crippen LogP contribution >= 0.6 is 0 Å². The van der Waals surface area contributed by atoms with Gasteiger partial charge < -0.3 is 10.0 Å². The van der Waals surface area contributed by atoms with Crippen LogP contribution in [0.5, 0.6) is 0 Å². The van der Waals surface area contributed by atoms with Gasteiger partial charge in [0.15, 0.2) is 0 Å². The maximum atomic E-state index is 9.11. The smallest absolute Gasteiger partial charge is 0.0446 e. The van der Waals surface area contributed by atoms with Crippen LogP contribution in [0.4, 0.5) is 5.69 Å². The highest BCUT2D eigenvalue weighted by Crippen LogP contribution is 2.23. The van der Waals surface area contributed by atoms with Gasteiger partial charge in [0.25, 0.3) is 0 Å². The predicted molar refractivity (Wildman–Crippen MR) is 71.4 cm³/mol. The lowest BCUT2D eigenvalue weighted by molar-refractivity contribution is 0.154. The lowest BCUT2D eigenvalue weighted by atomic mass is 10.0. The second-order valence-electron chi connectivity index (χ2n) is 4.94. The van der Waals surface area contributed by atoms with Gasteiger partial charge in [-0.05, 0) is 32.5 Å². The molecule has 3 heteroatoms. The van der Waals surface area contributed by atoms with Crippen molar-refractivity contribution < 1.29 is 5.11 Å². The molecule has 1 N–H and O–H groups in total. The Hall–Kier alpha value is -1.06. The van der Waals surface area contributed by atoms with Crippen molar-refractivity contribution in [2.45, 2.75) is 25.4 Å². The lowest BCUT2D eigenvalue weighted by Crippen LogP contribution is -2.56. The van der Waals surface area contributed by atoms with Crippen LogP contribution in [-0.2, 0) is 0 Å². The molecule has 1 aliphatic rings. The maximum absolute atomic E-state index is 9.11. The second-order valence-corrected chi connectivity index (χ2v) is 4.94. The van der Waals surface area contributed by atoms with E-state index in [1.807, 2.05) is 0 Å². The summed E-state index contributed by atoms with van der Waals surface area (Å²) in [5, 5.41) is 9.11. The molecule has 1 fully saturated rings. The van der Waals surface area contributed by atoms with Crippen LogP contribution in [0, 0.1) is 0 Å². The Morgan fingerprint density at radius 2 is 1.94 bits per heavy atom. The van der Waals surface area contributed by atoms with Crippen LogP contribution in [0.3, 0.4) is 0 Å². The van der Waals surface area contributed by atoms with E-state index in [1.165, 1.54) is 5.69 Å². The molecule has 3 nitrogen and oxygen atoms in total. The minimum absolute atomic E-state index is 0.270. The normalized spacial score (nSPS) is 26.2. The molecule has 0 radical (unpaired) electrons. The van der Waals surface area contributed by atoms with Gasteiger partial charge in [-0.2, -0.15) is 0 Å². The van der Waals surface area contributed by atoms with Gasteiger partial charge in [-0.15, -0.1) is 0 Å². The van der Waals surface area contributed by atoms with Gasteiger partial charge in [-0.25, -0.2) is 0 Å². The van der Waals surface area contributed by atoms with E-state index in [0.717, 1.165) is 19.5 Å². The number of rotatable bonds is 3. The van der Waals surface area contributed by atoms with Gasteiger partial charge in [0.05, 0.1) is 0 Å². The van der Waals surface area contributed by atoms with Crippen molar-refractivity contribution in [3.8, 4) is 0 Å². The van der Waals surface area contributed by atoms with Crippen molar-refractivity contribution in [2.75, 3.05) is 31.6 Å². The third-order valence-corrected chi connectivity index (χ3v) is 3.67. The van der Waals surface area contributed by atoms with Crippen molar-refractivity contribution in [1.82, 2.24) is 4.90 Å². The summed E-state index contributed by atoms with van der Waals surface area (Å²) in [6.07, 6.45) is 0.854. The number of aliphatic hydroxyl groups is 1. The van der Waals surface area contributed by atoms with E-state index >= 15 is 0 Å². The van der Waals surface area contributed by atoms with Crippen LogP contribution in [-0.4, -0.2) is 48.8 Å². The summed E-state index contributed by atoms with van der Waals surface area (Å²) < 4.78 is 0. The van der Waals surface area contributed by atoms with Crippen LogP contribution in [0.2, 0.25) is 0 Å². The van der Waals surface area contributed by atoms with E-state index in [4.69, 9.17) is 5.11 Å². The number of anilines is 1. The number of para-hydroxylation sites is 1. The van der Waals surface area contributed by atoms with Gasteiger partial charge in [0.1, 0.15) is 0 Å². The number of benzene rings is 1. The highest BCUT2D eigenvalue weighted by Gasteiger charge is 2.28. The Morgan fingerprint density at radius 1 is 1.24 bits per heavy atom. The fourth-order valence-electron chi connectivity index (χ4n) is 2.65. The van der Waals surface area contributed by atoms with Crippen LogP contribution in [0.15, 0.2) is 30.3 Å². The van der Waals surface area contributed by atoms with E-state index in [2.05, 4.69) is 54.1 Å². The predicted octanol–water partition coefficient (Wildman–Crippen LogP) is 1.58. The number of hydrogen-bond donors (Lipinski definition) is 1. The lowest BCUT2D eigenvalue weighted by Gasteiger charge is -2.45. The molecule has 1 saturated heterocycles.